The first kappa shape index (κ1) is 17.1. The minimum Gasteiger partial charge on any atom is -0.493 e. The molecule has 0 bridgehead atoms. The molecule has 1 atom stereocenters. The molecule has 2 aromatic carbocycles. The van der Waals surface area contributed by atoms with Crippen LogP contribution in [0.4, 0.5) is 0 Å². The van der Waals surface area contributed by atoms with Crippen LogP contribution in [-0.2, 0) is 22.4 Å². The number of carbonyl (C=O) groups is 1. The number of esters is 1. The molecule has 0 radical (unpaired) electrons. The van der Waals surface area contributed by atoms with E-state index in [9.17, 15) is 4.79 Å². The summed E-state index contributed by atoms with van der Waals surface area (Å²) in [6.45, 7) is 4.16. The average Bonchev–Trinajstić information content (AvgIpc) is 3.15. The Balaban J connectivity index is 1.29. The Bertz CT molecular complexity index is 762. The van der Waals surface area contributed by atoms with Crippen LogP contribution < -0.4 is 4.74 Å². The molecule has 1 fully saturated rings. The molecule has 0 amide bonds. The number of ether oxygens (including phenoxy) is 3. The fraction of sp³-hybridized carbons (Fsp3) is 0.381. The first-order chi connectivity index (χ1) is 12.8. The molecule has 0 aromatic heterocycles. The number of nitrogens with zero attached hydrogens (tertiary/aromatic N) is 1. The molecule has 5 nitrogen and oxygen atoms in total. The molecule has 1 saturated heterocycles. The van der Waals surface area contributed by atoms with E-state index in [0.717, 1.165) is 37.4 Å². The second-order valence-corrected chi connectivity index (χ2v) is 6.73. The Morgan fingerprint density at radius 1 is 1.15 bits per heavy atom. The summed E-state index contributed by atoms with van der Waals surface area (Å²) in [5.41, 5.74) is 2.93. The van der Waals surface area contributed by atoms with E-state index < -0.39 is 0 Å². The SMILES string of the molecule is O=C(OCC1CN(Cc2ccccc2)CCO1)c1ccc2c(c1)CCO2. The Labute approximate surface area is 153 Å². The average molecular weight is 353 g/mol. The van der Waals surface area contributed by atoms with Crippen molar-refractivity contribution in [3.63, 3.8) is 0 Å². The number of morpholine rings is 1. The van der Waals surface area contributed by atoms with Gasteiger partial charge in [-0.3, -0.25) is 4.90 Å². The standard InChI is InChI=1S/C21H23NO4/c23-21(18-6-7-20-17(12-18)8-10-25-20)26-15-19-14-22(9-11-24-19)13-16-4-2-1-3-5-16/h1-7,12,19H,8-11,13-15H2. The van der Waals surface area contributed by atoms with Crippen molar-refractivity contribution in [1.29, 1.82) is 0 Å². The molecular formula is C21H23NO4. The van der Waals surface area contributed by atoms with E-state index in [0.29, 0.717) is 18.8 Å². The maximum Gasteiger partial charge on any atom is 0.338 e. The van der Waals surface area contributed by atoms with Crippen LogP contribution in [0.25, 0.3) is 0 Å². The van der Waals surface area contributed by atoms with Crippen LogP contribution in [0.3, 0.4) is 0 Å². The van der Waals surface area contributed by atoms with E-state index in [4.69, 9.17) is 14.2 Å². The zero-order valence-corrected chi connectivity index (χ0v) is 14.7. The molecule has 26 heavy (non-hydrogen) atoms. The monoisotopic (exact) mass is 353 g/mol. The molecular weight excluding hydrogens is 330 g/mol. The first-order valence-electron chi connectivity index (χ1n) is 9.09. The summed E-state index contributed by atoms with van der Waals surface area (Å²) in [5.74, 6) is 0.567. The highest BCUT2D eigenvalue weighted by molar-refractivity contribution is 5.90. The lowest BCUT2D eigenvalue weighted by molar-refractivity contribution is -0.0612. The maximum atomic E-state index is 12.3. The number of carbonyl (C=O) groups excluding carboxylic acids is 1. The summed E-state index contributed by atoms with van der Waals surface area (Å²) in [6.07, 6.45) is 0.755. The van der Waals surface area contributed by atoms with Crippen molar-refractivity contribution >= 4 is 5.97 Å². The van der Waals surface area contributed by atoms with E-state index in [1.54, 1.807) is 6.07 Å². The Hall–Kier alpha value is -2.37. The predicted octanol–water partition coefficient (Wildman–Crippen LogP) is 2.68. The zero-order valence-electron chi connectivity index (χ0n) is 14.7. The number of benzene rings is 2. The molecule has 136 valence electrons. The van der Waals surface area contributed by atoms with E-state index in [2.05, 4.69) is 29.2 Å². The fourth-order valence-corrected chi connectivity index (χ4v) is 3.43. The van der Waals surface area contributed by atoms with E-state index >= 15 is 0 Å². The van der Waals surface area contributed by atoms with Gasteiger partial charge in [-0.1, -0.05) is 30.3 Å². The topological polar surface area (TPSA) is 48.0 Å². The third kappa shape index (κ3) is 4.06. The highest BCUT2D eigenvalue weighted by Crippen LogP contribution is 2.26. The third-order valence-corrected chi connectivity index (χ3v) is 4.80. The van der Waals surface area contributed by atoms with Gasteiger partial charge in [-0.05, 0) is 29.3 Å². The van der Waals surface area contributed by atoms with E-state index in [1.165, 1.54) is 5.56 Å². The summed E-state index contributed by atoms with van der Waals surface area (Å²) in [5, 5.41) is 0. The van der Waals surface area contributed by atoms with Gasteiger partial charge < -0.3 is 14.2 Å². The molecule has 2 heterocycles. The maximum absolute atomic E-state index is 12.3. The molecule has 0 aliphatic carbocycles. The van der Waals surface area contributed by atoms with Crippen molar-refractivity contribution in [3.8, 4) is 5.75 Å². The van der Waals surface area contributed by atoms with Crippen LogP contribution in [0.5, 0.6) is 5.75 Å². The van der Waals surface area contributed by atoms with E-state index in [1.807, 2.05) is 18.2 Å². The minimum atomic E-state index is -0.302. The second kappa shape index (κ2) is 7.89. The molecule has 0 saturated carbocycles. The molecule has 2 aromatic rings. The Morgan fingerprint density at radius 2 is 2.04 bits per heavy atom. The fourth-order valence-electron chi connectivity index (χ4n) is 3.43. The summed E-state index contributed by atoms with van der Waals surface area (Å²) in [7, 11) is 0. The Morgan fingerprint density at radius 3 is 2.92 bits per heavy atom. The molecule has 0 spiro atoms. The van der Waals surface area contributed by atoms with Crippen molar-refractivity contribution in [1.82, 2.24) is 4.90 Å². The third-order valence-electron chi connectivity index (χ3n) is 4.80. The Kier molecular flexibility index (Phi) is 5.18. The van der Waals surface area contributed by atoms with Crippen molar-refractivity contribution in [3.05, 3.63) is 65.2 Å². The number of rotatable bonds is 5. The highest BCUT2D eigenvalue weighted by atomic mass is 16.6. The highest BCUT2D eigenvalue weighted by Gasteiger charge is 2.23. The van der Waals surface area contributed by atoms with Crippen molar-refractivity contribution < 1.29 is 19.0 Å². The molecule has 2 aliphatic rings. The van der Waals surface area contributed by atoms with Gasteiger partial charge in [0.15, 0.2) is 0 Å². The molecule has 2 aliphatic heterocycles. The number of fused-ring (bicyclic) bond motifs is 1. The van der Waals surface area contributed by atoms with Crippen molar-refractivity contribution in [2.45, 2.75) is 19.1 Å². The minimum absolute atomic E-state index is 0.0887. The van der Waals surface area contributed by atoms with Crippen molar-refractivity contribution in [2.24, 2.45) is 0 Å². The van der Waals surface area contributed by atoms with Gasteiger partial charge in [0.1, 0.15) is 18.5 Å². The molecule has 0 N–H and O–H groups in total. The predicted molar refractivity (Wildman–Crippen MR) is 97.4 cm³/mol. The van der Waals surface area contributed by atoms with Gasteiger partial charge >= 0.3 is 5.97 Å². The smallest absolute Gasteiger partial charge is 0.338 e. The van der Waals surface area contributed by atoms with Crippen LogP contribution in [0.2, 0.25) is 0 Å². The van der Waals surface area contributed by atoms with Gasteiger partial charge in [-0.25, -0.2) is 4.79 Å². The lowest BCUT2D eigenvalue weighted by Gasteiger charge is -2.32. The number of hydrogen-bond donors (Lipinski definition) is 0. The zero-order chi connectivity index (χ0) is 17.8. The molecule has 5 heteroatoms. The van der Waals surface area contributed by atoms with Gasteiger partial charge in [-0.15, -0.1) is 0 Å². The molecule has 1 unspecified atom stereocenters. The second-order valence-electron chi connectivity index (χ2n) is 6.73. The van der Waals surface area contributed by atoms with Gasteiger partial charge in [0, 0.05) is 26.1 Å². The van der Waals surface area contributed by atoms with Crippen LogP contribution in [-0.4, -0.2) is 49.9 Å². The van der Waals surface area contributed by atoms with Crippen LogP contribution in [0.1, 0.15) is 21.5 Å². The molecule has 4 rings (SSSR count). The van der Waals surface area contributed by atoms with Crippen LogP contribution in [0.15, 0.2) is 48.5 Å². The number of hydrogen-bond acceptors (Lipinski definition) is 5. The summed E-state index contributed by atoms with van der Waals surface area (Å²) in [4.78, 5) is 14.7. The lowest BCUT2D eigenvalue weighted by Crippen LogP contribution is -2.44. The normalized spacial score (nSPS) is 19.6. The van der Waals surface area contributed by atoms with Gasteiger partial charge in [0.05, 0.1) is 18.8 Å². The summed E-state index contributed by atoms with van der Waals surface area (Å²) >= 11 is 0. The van der Waals surface area contributed by atoms with Gasteiger partial charge in [-0.2, -0.15) is 0 Å². The van der Waals surface area contributed by atoms with E-state index in [-0.39, 0.29) is 18.7 Å². The van der Waals surface area contributed by atoms with Crippen LogP contribution >= 0.6 is 0 Å². The largest absolute Gasteiger partial charge is 0.493 e. The first-order valence-corrected chi connectivity index (χ1v) is 9.09. The lowest BCUT2D eigenvalue weighted by atomic mass is 10.1. The van der Waals surface area contributed by atoms with Gasteiger partial charge in [0.2, 0.25) is 0 Å². The quantitative estimate of drug-likeness (QED) is 0.774. The summed E-state index contributed by atoms with van der Waals surface area (Å²) < 4.78 is 16.7. The van der Waals surface area contributed by atoms with Crippen molar-refractivity contribution in [2.75, 3.05) is 32.9 Å². The van der Waals surface area contributed by atoms with Crippen LogP contribution in [0, 0.1) is 0 Å². The van der Waals surface area contributed by atoms with Gasteiger partial charge in [0.25, 0.3) is 0 Å². The summed E-state index contributed by atoms with van der Waals surface area (Å²) in [6, 6.07) is 15.9.